The minimum atomic E-state index is -3.13. The Morgan fingerprint density at radius 2 is 1.72 bits per heavy atom. The van der Waals surface area contributed by atoms with Crippen LogP contribution in [0.2, 0.25) is 0 Å². The van der Waals surface area contributed by atoms with Gasteiger partial charge in [0.05, 0.1) is 5.56 Å². The number of likely N-dealkylation sites (tertiary alicyclic amines) is 1. The van der Waals surface area contributed by atoms with E-state index in [1.54, 1.807) is 4.90 Å². The number of ketones is 1. The maximum absolute atomic E-state index is 14.3. The van der Waals surface area contributed by atoms with Crippen LogP contribution in [0.5, 0.6) is 11.6 Å². The van der Waals surface area contributed by atoms with Crippen molar-refractivity contribution in [3.63, 3.8) is 0 Å². The standard InChI is InChI=1S/C34H45F3N6O3/c1-22(2)43(23(3)4)31(45)26-15-25(35)5-6-27(26)46-30-29(38-21-39-40-30)42-19-33(20-42)11-13-41(14-12-33)17-24-7-9-32(10-8-24)16-28(44)34(36,37)18-32/h5-6,15,21-24H,7-14,16-20H2,1-4H3. The number of aromatic nitrogens is 3. The monoisotopic (exact) mass is 642 g/mol. The van der Waals surface area contributed by atoms with Gasteiger partial charge < -0.3 is 19.4 Å². The van der Waals surface area contributed by atoms with E-state index in [2.05, 4.69) is 25.0 Å². The molecule has 12 heteroatoms. The van der Waals surface area contributed by atoms with Gasteiger partial charge in [0.1, 0.15) is 17.9 Å². The van der Waals surface area contributed by atoms with Crippen molar-refractivity contribution >= 4 is 17.5 Å². The number of benzene rings is 1. The third-order valence-corrected chi connectivity index (χ3v) is 10.8. The first-order valence-corrected chi connectivity index (χ1v) is 16.6. The van der Waals surface area contributed by atoms with Crippen molar-refractivity contribution in [2.24, 2.45) is 16.7 Å². The van der Waals surface area contributed by atoms with Crippen molar-refractivity contribution in [1.82, 2.24) is 25.0 Å². The van der Waals surface area contributed by atoms with Gasteiger partial charge in [-0.15, -0.1) is 10.2 Å². The smallest absolute Gasteiger partial charge is 0.305 e. The van der Waals surface area contributed by atoms with E-state index < -0.39 is 22.9 Å². The number of alkyl halides is 2. The van der Waals surface area contributed by atoms with Crippen LogP contribution in [0.15, 0.2) is 24.5 Å². The highest BCUT2D eigenvalue weighted by atomic mass is 19.3. The van der Waals surface area contributed by atoms with E-state index in [1.165, 1.54) is 24.5 Å². The lowest BCUT2D eigenvalue weighted by molar-refractivity contribution is -0.138. The lowest BCUT2D eigenvalue weighted by Crippen LogP contribution is -2.61. The topological polar surface area (TPSA) is 91.8 Å². The molecule has 4 fully saturated rings. The number of Topliss-reactive ketones (excluding diaryl/α,β-unsaturated/α-hetero) is 1. The third kappa shape index (κ3) is 6.46. The summed E-state index contributed by atoms with van der Waals surface area (Å²) >= 11 is 0. The summed E-state index contributed by atoms with van der Waals surface area (Å²) in [5.41, 5.74) is -0.195. The van der Waals surface area contributed by atoms with Gasteiger partial charge in [-0.1, -0.05) is 0 Å². The first-order chi connectivity index (χ1) is 21.8. The molecule has 2 spiro atoms. The fourth-order valence-corrected chi connectivity index (χ4v) is 8.34. The number of amides is 1. The van der Waals surface area contributed by atoms with Crippen LogP contribution in [-0.4, -0.2) is 87.4 Å². The second kappa shape index (κ2) is 12.4. The number of hydrogen-bond donors (Lipinski definition) is 0. The number of carbonyl (C=O) groups excluding carboxylic acids is 2. The van der Waals surface area contributed by atoms with Gasteiger partial charge in [0.25, 0.3) is 11.8 Å². The van der Waals surface area contributed by atoms with Crippen LogP contribution in [0.4, 0.5) is 19.0 Å². The fourth-order valence-electron chi connectivity index (χ4n) is 8.34. The molecule has 2 saturated carbocycles. The van der Waals surface area contributed by atoms with Gasteiger partial charge >= 0.3 is 5.92 Å². The van der Waals surface area contributed by atoms with Gasteiger partial charge in [-0.05, 0) is 109 Å². The molecule has 1 amide bonds. The number of halogens is 3. The van der Waals surface area contributed by atoms with Gasteiger partial charge in [0.15, 0.2) is 5.82 Å². The largest absolute Gasteiger partial charge is 0.434 e. The molecule has 2 aliphatic carbocycles. The molecule has 6 rings (SSSR count). The summed E-state index contributed by atoms with van der Waals surface area (Å²) < 4.78 is 48.3. The molecule has 2 aliphatic heterocycles. The Morgan fingerprint density at radius 3 is 2.33 bits per heavy atom. The predicted octanol–water partition coefficient (Wildman–Crippen LogP) is 6.14. The highest BCUT2D eigenvalue weighted by molar-refractivity contribution is 5.97. The molecule has 0 radical (unpaired) electrons. The molecule has 4 aliphatic rings. The van der Waals surface area contributed by atoms with Crippen molar-refractivity contribution < 1.29 is 27.5 Å². The molecule has 1 aromatic carbocycles. The number of hydrogen-bond acceptors (Lipinski definition) is 8. The number of piperidine rings is 1. The summed E-state index contributed by atoms with van der Waals surface area (Å²) in [7, 11) is 0. The molecule has 9 nitrogen and oxygen atoms in total. The molecule has 2 saturated heterocycles. The molecular formula is C34H45F3N6O3. The number of carbonyl (C=O) groups is 2. The van der Waals surface area contributed by atoms with Gasteiger partial charge in [-0.2, -0.15) is 8.78 Å². The summed E-state index contributed by atoms with van der Waals surface area (Å²) in [5, 5.41) is 8.13. The van der Waals surface area contributed by atoms with Crippen LogP contribution in [0.25, 0.3) is 0 Å². The van der Waals surface area contributed by atoms with E-state index in [0.29, 0.717) is 11.7 Å². The van der Waals surface area contributed by atoms with Gasteiger partial charge in [0, 0.05) is 50.0 Å². The molecule has 250 valence electrons. The Bertz CT molecular complexity index is 1440. The van der Waals surface area contributed by atoms with E-state index in [4.69, 9.17) is 4.74 Å². The molecule has 0 bridgehead atoms. The Hall–Kier alpha value is -3.28. The fraction of sp³-hybridized carbons (Fsp3) is 0.676. The molecule has 0 N–H and O–H groups in total. The van der Waals surface area contributed by atoms with Crippen molar-refractivity contribution in [2.45, 2.75) is 97.1 Å². The summed E-state index contributed by atoms with van der Waals surface area (Å²) in [6.07, 6.45) is 6.53. The molecule has 0 unspecified atom stereocenters. The highest BCUT2D eigenvalue weighted by Crippen LogP contribution is 2.54. The van der Waals surface area contributed by atoms with E-state index >= 15 is 0 Å². The SMILES string of the molecule is CC(C)N(C(=O)c1cc(F)ccc1Oc1nncnc1N1CC2(CCN(CC3CCC4(CC3)CC(=O)C(F)(F)C4)CC2)C1)C(C)C. The Morgan fingerprint density at radius 1 is 1.04 bits per heavy atom. The van der Waals surface area contributed by atoms with Crippen molar-refractivity contribution in [1.29, 1.82) is 0 Å². The predicted molar refractivity (Wildman–Crippen MR) is 167 cm³/mol. The average Bonchev–Trinajstić information content (AvgIpc) is 3.21. The van der Waals surface area contributed by atoms with Crippen LogP contribution in [0.1, 0.15) is 89.4 Å². The van der Waals surface area contributed by atoms with Crippen LogP contribution >= 0.6 is 0 Å². The maximum Gasteiger partial charge on any atom is 0.305 e. The molecule has 1 aromatic heterocycles. The van der Waals surface area contributed by atoms with Crippen LogP contribution in [-0.2, 0) is 4.79 Å². The van der Waals surface area contributed by atoms with Crippen LogP contribution in [0, 0.1) is 22.6 Å². The zero-order valence-electron chi connectivity index (χ0n) is 27.3. The lowest BCUT2D eigenvalue weighted by Gasteiger charge is -2.54. The average molecular weight is 643 g/mol. The zero-order valence-corrected chi connectivity index (χ0v) is 27.3. The number of ether oxygens (including phenoxy) is 1. The highest BCUT2D eigenvalue weighted by Gasteiger charge is 2.56. The molecule has 2 aromatic rings. The van der Waals surface area contributed by atoms with Crippen molar-refractivity contribution in [3.8, 4) is 11.6 Å². The quantitative estimate of drug-likeness (QED) is 0.339. The Labute approximate surface area is 268 Å². The van der Waals surface area contributed by atoms with Crippen molar-refractivity contribution in [2.75, 3.05) is 37.6 Å². The second-order valence-electron chi connectivity index (χ2n) is 14.8. The van der Waals surface area contributed by atoms with Gasteiger partial charge in [-0.3, -0.25) is 9.59 Å². The van der Waals surface area contributed by atoms with Crippen LogP contribution in [0.3, 0.4) is 0 Å². The molecular weight excluding hydrogens is 597 g/mol. The number of nitrogens with zero attached hydrogens (tertiary/aromatic N) is 6. The van der Waals surface area contributed by atoms with E-state index in [9.17, 15) is 22.8 Å². The summed E-state index contributed by atoms with van der Waals surface area (Å²) in [4.78, 5) is 36.1. The number of rotatable bonds is 8. The van der Waals surface area contributed by atoms with E-state index in [-0.39, 0.29) is 53.4 Å². The second-order valence-corrected chi connectivity index (χ2v) is 14.8. The van der Waals surface area contributed by atoms with Crippen LogP contribution < -0.4 is 9.64 Å². The van der Waals surface area contributed by atoms with E-state index in [1.807, 2.05) is 27.7 Å². The zero-order chi connectivity index (χ0) is 32.9. The minimum Gasteiger partial charge on any atom is -0.434 e. The van der Waals surface area contributed by atoms with Gasteiger partial charge in [0.2, 0.25) is 5.78 Å². The minimum absolute atomic E-state index is 0.0438. The molecule has 46 heavy (non-hydrogen) atoms. The van der Waals surface area contributed by atoms with Crippen molar-refractivity contribution in [3.05, 3.63) is 35.9 Å². The number of anilines is 1. The maximum atomic E-state index is 14.3. The molecule has 3 heterocycles. The normalized spacial score (nSPS) is 25.8. The molecule has 0 atom stereocenters. The van der Waals surface area contributed by atoms with E-state index in [0.717, 1.165) is 71.2 Å². The summed E-state index contributed by atoms with van der Waals surface area (Å²) in [6, 6.07) is 3.73. The summed E-state index contributed by atoms with van der Waals surface area (Å²) in [5.74, 6) is -3.44. The summed E-state index contributed by atoms with van der Waals surface area (Å²) in [6.45, 7) is 12.2. The lowest BCUT2D eigenvalue weighted by atomic mass is 9.68. The Kier molecular flexibility index (Phi) is 8.80. The Balaban J connectivity index is 1.04. The first-order valence-electron chi connectivity index (χ1n) is 16.6. The third-order valence-electron chi connectivity index (χ3n) is 10.8. The van der Waals surface area contributed by atoms with Gasteiger partial charge in [-0.25, -0.2) is 9.37 Å². The first kappa shape index (κ1) is 32.7.